The second kappa shape index (κ2) is 16.9. The van der Waals surface area contributed by atoms with E-state index in [4.69, 9.17) is 0 Å². The van der Waals surface area contributed by atoms with Crippen LogP contribution in [0.2, 0.25) is 0 Å². The zero-order valence-corrected chi connectivity index (χ0v) is 43.1. The Morgan fingerprint density at radius 3 is 1.11 bits per heavy atom. The molecule has 0 saturated heterocycles. The van der Waals surface area contributed by atoms with Crippen molar-refractivity contribution in [2.45, 2.75) is 103 Å². The number of hydrogen-bond donors (Lipinski definition) is 0. The van der Waals surface area contributed by atoms with Crippen molar-refractivity contribution in [1.29, 1.82) is 0 Å². The van der Waals surface area contributed by atoms with Crippen LogP contribution < -0.4 is 9.80 Å². The van der Waals surface area contributed by atoms with E-state index in [2.05, 4.69) is 228 Å². The second-order valence-electron chi connectivity index (χ2n) is 22.5. The Balaban J connectivity index is 1.05. The first-order chi connectivity index (χ1) is 36.4. The van der Waals surface area contributed by atoms with E-state index in [1.165, 1.54) is 184 Å². The zero-order chi connectivity index (χ0) is 49.3. The van der Waals surface area contributed by atoms with Gasteiger partial charge < -0.3 is 18.6 Å². The molecule has 2 aliphatic rings. The summed E-state index contributed by atoms with van der Waals surface area (Å²) in [7, 11) is 0. The number of fused-ring (bicyclic) bond motifs is 12. The van der Waals surface area contributed by atoms with Crippen molar-refractivity contribution in [2.75, 3.05) is 9.80 Å². The third kappa shape index (κ3) is 6.39. The average molecular weight is 959 g/mol. The Morgan fingerprint density at radius 2 is 0.730 bits per heavy atom. The average Bonchev–Trinajstić information content (AvgIpc) is 4.39. The largest absolute Gasteiger partial charge is 0.310 e. The predicted molar refractivity (Wildman–Crippen MR) is 316 cm³/mol. The van der Waals surface area contributed by atoms with Crippen molar-refractivity contribution in [3.05, 3.63) is 204 Å². The minimum Gasteiger partial charge on any atom is -0.310 e. The van der Waals surface area contributed by atoms with Gasteiger partial charge in [-0.3, -0.25) is 0 Å². The normalized spacial score (nSPS) is 15.0. The molecule has 362 valence electrons. The van der Waals surface area contributed by atoms with Crippen molar-refractivity contribution in [1.82, 2.24) is 8.80 Å². The van der Waals surface area contributed by atoms with Gasteiger partial charge in [0, 0.05) is 65.8 Å². The lowest BCUT2D eigenvalue weighted by molar-refractivity contribution is 0.730. The van der Waals surface area contributed by atoms with Crippen molar-refractivity contribution in [3.8, 4) is 0 Å². The minimum absolute atomic E-state index is 0.460. The number of benzene rings is 9. The first-order valence-electron chi connectivity index (χ1n) is 27.7. The van der Waals surface area contributed by atoms with Crippen molar-refractivity contribution < 1.29 is 0 Å². The van der Waals surface area contributed by atoms with Gasteiger partial charge in [0.1, 0.15) is 0 Å². The van der Waals surface area contributed by atoms with Gasteiger partial charge in [-0.1, -0.05) is 150 Å². The standard InChI is InChI=1S/C70H62N4/c1-43(2)45-29-33-51(34-30-45)71(49-21-7-5-8-22-49)61-39-37-55-57-41-64-58(42-63(57)73-59-27-15-25-53(47-17-11-12-18-47)65(59)67(61)69(55)73)56-38-40-62(72(50-23-9-6-10-24-50)52-35-31-46(32-36-52)44(3)4)68-66-54(48-19-13-14-20-48)26-16-28-60(66)74(64)70(56)68/h5-10,15-16,21-44,47-48H,11-14,17-20H2,1-4H3. The van der Waals surface area contributed by atoms with Gasteiger partial charge in [-0.15, -0.1) is 0 Å². The molecule has 0 atom stereocenters. The Hall–Kier alpha value is -7.82. The van der Waals surface area contributed by atoms with Gasteiger partial charge in [0.25, 0.3) is 0 Å². The molecule has 0 unspecified atom stereocenters. The van der Waals surface area contributed by atoms with Crippen LogP contribution in [0.1, 0.15) is 125 Å². The van der Waals surface area contributed by atoms with E-state index >= 15 is 0 Å². The van der Waals surface area contributed by atoms with Crippen LogP contribution in [0.4, 0.5) is 34.1 Å². The maximum atomic E-state index is 2.66. The zero-order valence-electron chi connectivity index (χ0n) is 43.1. The molecule has 9 aromatic carbocycles. The summed E-state index contributed by atoms with van der Waals surface area (Å²) in [4.78, 5) is 5.05. The molecule has 2 fully saturated rings. The highest BCUT2D eigenvalue weighted by molar-refractivity contribution is 6.32. The molecule has 4 aromatic heterocycles. The van der Waals surface area contributed by atoms with Crippen LogP contribution in [0.15, 0.2) is 182 Å². The number of rotatable bonds is 10. The summed E-state index contributed by atoms with van der Waals surface area (Å²) in [5, 5.41) is 10.8. The van der Waals surface area contributed by atoms with Crippen molar-refractivity contribution >= 4 is 110 Å². The highest BCUT2D eigenvalue weighted by Crippen LogP contribution is 2.54. The Labute approximate surface area is 433 Å². The summed E-state index contributed by atoms with van der Waals surface area (Å²) in [5.41, 5.74) is 20.7. The van der Waals surface area contributed by atoms with Gasteiger partial charge in [-0.25, -0.2) is 0 Å². The molecule has 0 bridgehead atoms. The van der Waals surface area contributed by atoms with Gasteiger partial charge in [0.05, 0.1) is 44.5 Å². The Kier molecular flexibility index (Phi) is 9.97. The fourth-order valence-electron chi connectivity index (χ4n) is 14.3. The summed E-state index contributed by atoms with van der Waals surface area (Å²) in [6, 6.07) is 70.1. The van der Waals surface area contributed by atoms with Crippen LogP contribution in [0, 0.1) is 0 Å². The summed E-state index contributed by atoms with van der Waals surface area (Å²) in [5.74, 6) is 2.02. The molecule has 2 saturated carbocycles. The number of hydrogen-bond acceptors (Lipinski definition) is 2. The summed E-state index contributed by atoms with van der Waals surface area (Å²) in [6.07, 6.45) is 10.2. The second-order valence-corrected chi connectivity index (χ2v) is 22.5. The van der Waals surface area contributed by atoms with Crippen molar-refractivity contribution in [2.24, 2.45) is 0 Å². The summed E-state index contributed by atoms with van der Waals surface area (Å²) >= 11 is 0. The van der Waals surface area contributed by atoms with Crippen LogP contribution >= 0.6 is 0 Å². The smallest absolute Gasteiger partial charge is 0.0641 e. The van der Waals surface area contributed by atoms with E-state index in [1.54, 1.807) is 0 Å². The van der Waals surface area contributed by atoms with E-state index in [9.17, 15) is 0 Å². The SMILES string of the molecule is CC(C)c1ccc(N(c2ccccc2)c2ccc3c4cc5c(cc4n4c6cccc(C7CCCC7)c6c2c34)c2ccc(N(c3ccccc3)c3ccc(C(C)C)cc3)c3c4c(C6CCCC6)cccc4n5c23)cc1. The lowest BCUT2D eigenvalue weighted by Crippen LogP contribution is -2.10. The van der Waals surface area contributed by atoms with Crippen molar-refractivity contribution in [3.63, 3.8) is 0 Å². The maximum absolute atomic E-state index is 2.66. The molecule has 4 heterocycles. The first-order valence-corrected chi connectivity index (χ1v) is 27.7. The quantitative estimate of drug-likeness (QED) is 0.136. The molecular formula is C70H62N4. The summed E-state index contributed by atoms with van der Waals surface area (Å²) < 4.78 is 5.33. The van der Waals surface area contributed by atoms with Gasteiger partial charge in [-0.2, -0.15) is 0 Å². The highest BCUT2D eigenvalue weighted by atomic mass is 15.2. The molecule has 0 N–H and O–H groups in total. The maximum Gasteiger partial charge on any atom is 0.0641 e. The third-order valence-electron chi connectivity index (χ3n) is 17.8. The molecule has 2 aliphatic carbocycles. The molecule has 0 aliphatic heterocycles. The minimum atomic E-state index is 0.460. The van der Waals surface area contributed by atoms with Gasteiger partial charge >= 0.3 is 0 Å². The molecule has 13 aromatic rings. The van der Waals surface area contributed by atoms with Gasteiger partial charge in [-0.05, 0) is 157 Å². The lowest BCUT2D eigenvalue weighted by atomic mass is 9.91. The van der Waals surface area contributed by atoms with Gasteiger partial charge in [0.2, 0.25) is 0 Å². The fourth-order valence-corrected chi connectivity index (χ4v) is 14.3. The number of anilines is 6. The molecule has 0 spiro atoms. The Morgan fingerprint density at radius 1 is 0.351 bits per heavy atom. The Bertz CT molecular complexity index is 3960. The van der Waals surface area contributed by atoms with E-state index in [0.29, 0.717) is 23.7 Å². The van der Waals surface area contributed by atoms with Crippen LogP contribution in [-0.4, -0.2) is 8.80 Å². The highest BCUT2D eigenvalue weighted by Gasteiger charge is 2.32. The van der Waals surface area contributed by atoms with E-state index in [0.717, 1.165) is 0 Å². The molecular weight excluding hydrogens is 897 g/mol. The third-order valence-corrected chi connectivity index (χ3v) is 17.8. The van der Waals surface area contributed by atoms with Crippen LogP contribution in [-0.2, 0) is 0 Å². The number of nitrogens with zero attached hydrogens (tertiary/aromatic N) is 4. The van der Waals surface area contributed by atoms with Crippen LogP contribution in [0.3, 0.4) is 0 Å². The fraction of sp³-hybridized carbons (Fsp3) is 0.229. The molecule has 0 radical (unpaired) electrons. The topological polar surface area (TPSA) is 15.3 Å². The molecule has 4 heteroatoms. The number of para-hydroxylation sites is 2. The first kappa shape index (κ1) is 43.7. The van der Waals surface area contributed by atoms with E-state index in [1.807, 2.05) is 0 Å². The molecule has 4 nitrogen and oxygen atoms in total. The van der Waals surface area contributed by atoms with Gasteiger partial charge in [0.15, 0.2) is 0 Å². The molecule has 0 amide bonds. The molecule has 74 heavy (non-hydrogen) atoms. The predicted octanol–water partition coefficient (Wildman–Crippen LogP) is 20.5. The van der Waals surface area contributed by atoms with E-state index in [-0.39, 0.29) is 0 Å². The van der Waals surface area contributed by atoms with E-state index < -0.39 is 0 Å². The van der Waals surface area contributed by atoms with Crippen LogP contribution in [0.5, 0.6) is 0 Å². The lowest BCUT2D eigenvalue weighted by Gasteiger charge is -2.27. The molecule has 15 rings (SSSR count). The number of aromatic nitrogens is 2. The van der Waals surface area contributed by atoms with Crippen LogP contribution in [0.25, 0.3) is 76.2 Å². The summed E-state index contributed by atoms with van der Waals surface area (Å²) in [6.45, 7) is 9.14. The monoisotopic (exact) mass is 958 g/mol.